The zero-order chi connectivity index (χ0) is 29.6. The number of benzene rings is 5. The summed E-state index contributed by atoms with van der Waals surface area (Å²) in [7, 11) is 0. The Hall–Kier alpha value is -4.84. The molecule has 1 aliphatic rings. The largest absolute Gasteiger partial charge is 0.282 e. The van der Waals surface area contributed by atoms with E-state index in [0.717, 1.165) is 21.5 Å². The minimum atomic E-state index is -2.78. The molecule has 43 heavy (non-hydrogen) atoms. The first kappa shape index (κ1) is 28.3. The van der Waals surface area contributed by atoms with Gasteiger partial charge in [-0.1, -0.05) is 121 Å². The van der Waals surface area contributed by atoms with Crippen LogP contribution in [-0.4, -0.2) is 27.0 Å². The Kier molecular flexibility index (Phi) is 8.27. The van der Waals surface area contributed by atoms with Crippen LogP contribution < -0.4 is 15.9 Å². The van der Waals surface area contributed by atoms with Crippen LogP contribution in [-0.2, 0) is 10.5 Å². The topological polar surface area (TPSA) is 84.9 Å². The average molecular weight is 600 g/mol. The normalized spacial score (nSPS) is 13.3. The maximum absolute atomic E-state index is 14.5. The van der Waals surface area contributed by atoms with Gasteiger partial charge in [0.25, 0.3) is 11.6 Å². The van der Waals surface area contributed by atoms with Crippen molar-refractivity contribution in [1.82, 2.24) is 0 Å². The van der Waals surface area contributed by atoms with Crippen molar-refractivity contribution < 1.29 is 9.72 Å². The SMILES string of the molecule is O=C1N=C(c2ccc([N+](=O)[O-])cc2)N=C(SCc2ccccc2)C1=P(c1ccccc1)(c1ccccc1)c1ccccc1. The van der Waals surface area contributed by atoms with Crippen molar-refractivity contribution in [3.63, 3.8) is 0 Å². The van der Waals surface area contributed by atoms with Crippen molar-refractivity contribution in [3.05, 3.63) is 167 Å². The minimum Gasteiger partial charge on any atom is -0.267 e. The Labute approximate surface area is 254 Å². The molecule has 8 heteroatoms. The van der Waals surface area contributed by atoms with E-state index >= 15 is 0 Å². The summed E-state index contributed by atoms with van der Waals surface area (Å²) in [5, 5.41) is 15.5. The van der Waals surface area contributed by atoms with Crippen molar-refractivity contribution in [2.45, 2.75) is 5.75 Å². The number of nitro groups is 1. The highest BCUT2D eigenvalue weighted by Gasteiger charge is 2.38. The summed E-state index contributed by atoms with van der Waals surface area (Å²) in [6, 6.07) is 46.5. The number of amidine groups is 1. The van der Waals surface area contributed by atoms with Gasteiger partial charge in [0.05, 0.1) is 10.2 Å². The van der Waals surface area contributed by atoms with Crippen molar-refractivity contribution in [2.24, 2.45) is 9.98 Å². The van der Waals surface area contributed by atoms with E-state index in [1.807, 2.05) is 72.8 Å². The highest BCUT2D eigenvalue weighted by Crippen LogP contribution is 2.48. The Balaban J connectivity index is 1.66. The Bertz CT molecular complexity index is 1790. The molecule has 0 spiro atoms. The fourth-order valence-corrected chi connectivity index (χ4v) is 10.9. The minimum absolute atomic E-state index is 0.0384. The van der Waals surface area contributed by atoms with Gasteiger partial charge in [0, 0.05) is 23.4 Å². The second-order valence-corrected chi connectivity index (χ2v) is 14.1. The fraction of sp³-hybridized carbons (Fsp3) is 0.0286. The van der Waals surface area contributed by atoms with Gasteiger partial charge in [-0.25, -0.2) is 4.99 Å². The zero-order valence-corrected chi connectivity index (χ0v) is 24.7. The fourth-order valence-electron chi connectivity index (χ4n) is 5.18. The van der Waals surface area contributed by atoms with Crippen LogP contribution >= 0.6 is 18.6 Å². The quantitative estimate of drug-likeness (QED) is 0.123. The second kappa shape index (κ2) is 12.6. The lowest BCUT2D eigenvalue weighted by molar-refractivity contribution is -0.384. The van der Waals surface area contributed by atoms with Crippen LogP contribution in [0.2, 0.25) is 0 Å². The van der Waals surface area contributed by atoms with Gasteiger partial charge in [-0.05, 0) is 40.5 Å². The number of non-ortho nitro benzene ring substituents is 1. The van der Waals surface area contributed by atoms with Gasteiger partial charge in [0.2, 0.25) is 0 Å². The number of carbonyl (C=O) groups excluding carboxylic acids is 1. The first-order valence-electron chi connectivity index (χ1n) is 13.6. The molecule has 0 bridgehead atoms. The predicted molar refractivity (Wildman–Crippen MR) is 180 cm³/mol. The van der Waals surface area contributed by atoms with Crippen LogP contribution in [0, 0.1) is 10.1 Å². The number of amides is 1. The van der Waals surface area contributed by atoms with Gasteiger partial charge < -0.3 is 0 Å². The lowest BCUT2D eigenvalue weighted by Crippen LogP contribution is -2.38. The molecule has 6 nitrogen and oxygen atoms in total. The molecule has 5 aromatic carbocycles. The lowest BCUT2D eigenvalue weighted by Gasteiger charge is -2.33. The Morgan fingerprint density at radius 3 is 1.56 bits per heavy atom. The molecule has 210 valence electrons. The number of carbonyl (C=O) groups is 1. The van der Waals surface area contributed by atoms with Crippen molar-refractivity contribution in [1.29, 1.82) is 0 Å². The number of nitrogens with zero attached hydrogens (tertiary/aromatic N) is 3. The average Bonchev–Trinajstić information content (AvgIpc) is 3.07. The summed E-state index contributed by atoms with van der Waals surface area (Å²) in [4.78, 5) is 35.0. The molecule has 1 amide bonds. The standard InChI is InChI=1S/C35H26N3O3PS/c39-34-32(42(29-15-7-2-8-16-29,30-17-9-3-10-18-30)31-19-11-4-12-20-31)35(43-25-26-13-5-1-6-14-26)37-33(36-34)27-21-23-28(24-22-27)38(40)41/h1-24H,25H2. The lowest BCUT2D eigenvalue weighted by atomic mass is 10.2. The van der Waals surface area contributed by atoms with Gasteiger partial charge >= 0.3 is 0 Å². The van der Waals surface area contributed by atoms with Gasteiger partial charge in [0.15, 0.2) is 5.84 Å². The summed E-state index contributed by atoms with van der Waals surface area (Å²) < 4.78 is 0. The smallest absolute Gasteiger partial charge is 0.267 e. The summed E-state index contributed by atoms with van der Waals surface area (Å²) in [6.07, 6.45) is 0. The van der Waals surface area contributed by atoms with E-state index in [1.54, 1.807) is 12.1 Å². The number of thioether (sulfide) groups is 1. The number of aliphatic imine (C=N–C) groups is 2. The van der Waals surface area contributed by atoms with E-state index in [4.69, 9.17) is 4.99 Å². The second-order valence-electron chi connectivity index (χ2n) is 9.76. The number of hydrogen-bond acceptors (Lipinski definition) is 5. The van der Waals surface area contributed by atoms with Crippen molar-refractivity contribution in [3.8, 4) is 0 Å². The highest BCUT2D eigenvalue weighted by molar-refractivity contribution is 8.18. The Morgan fingerprint density at radius 2 is 1.09 bits per heavy atom. The summed E-state index contributed by atoms with van der Waals surface area (Å²) in [6.45, 7) is -2.78. The van der Waals surface area contributed by atoms with Gasteiger partial charge in [-0.2, -0.15) is 4.99 Å². The third kappa shape index (κ3) is 5.65. The third-order valence-electron chi connectivity index (χ3n) is 7.14. The molecule has 0 saturated heterocycles. The van der Waals surface area contributed by atoms with E-state index < -0.39 is 11.8 Å². The first-order valence-corrected chi connectivity index (χ1v) is 16.4. The molecule has 0 unspecified atom stereocenters. The van der Waals surface area contributed by atoms with Gasteiger partial charge in [-0.3, -0.25) is 14.9 Å². The van der Waals surface area contributed by atoms with Crippen LogP contribution in [0.5, 0.6) is 0 Å². The monoisotopic (exact) mass is 599 g/mol. The molecule has 1 aliphatic heterocycles. The Morgan fingerprint density at radius 1 is 0.628 bits per heavy atom. The van der Waals surface area contributed by atoms with E-state index in [2.05, 4.69) is 53.5 Å². The van der Waals surface area contributed by atoms with Crippen LogP contribution in [0.4, 0.5) is 5.69 Å². The molecule has 0 saturated carbocycles. The van der Waals surface area contributed by atoms with Crippen molar-refractivity contribution >= 4 is 62.3 Å². The van der Waals surface area contributed by atoms with Crippen LogP contribution in [0.15, 0.2) is 156 Å². The molecule has 0 atom stereocenters. The molecule has 0 fully saturated rings. The number of rotatable bonds is 7. The van der Waals surface area contributed by atoms with Crippen LogP contribution in [0.1, 0.15) is 11.1 Å². The molecular formula is C35H26N3O3PS. The van der Waals surface area contributed by atoms with E-state index in [-0.39, 0.29) is 17.4 Å². The highest BCUT2D eigenvalue weighted by atomic mass is 32.2. The molecule has 6 rings (SSSR count). The van der Waals surface area contributed by atoms with Crippen LogP contribution in [0.3, 0.4) is 0 Å². The zero-order valence-electron chi connectivity index (χ0n) is 23.0. The van der Waals surface area contributed by atoms with E-state index in [1.165, 1.54) is 23.9 Å². The maximum atomic E-state index is 14.5. The maximum Gasteiger partial charge on any atom is 0.282 e. The number of hydrogen-bond donors (Lipinski definition) is 0. The van der Waals surface area contributed by atoms with Gasteiger partial charge in [0.1, 0.15) is 5.04 Å². The van der Waals surface area contributed by atoms with Gasteiger partial charge in [-0.15, -0.1) is 11.8 Å². The molecule has 0 N–H and O–H groups in total. The molecule has 0 aromatic heterocycles. The third-order valence-corrected chi connectivity index (χ3v) is 12.6. The summed E-state index contributed by atoms with van der Waals surface area (Å²) >= 11 is 1.51. The summed E-state index contributed by atoms with van der Waals surface area (Å²) in [5.74, 6) is 0.484. The molecule has 0 aliphatic carbocycles. The molecular weight excluding hydrogens is 573 g/mol. The van der Waals surface area contributed by atoms with Crippen LogP contribution in [0.25, 0.3) is 0 Å². The van der Waals surface area contributed by atoms with E-state index in [9.17, 15) is 14.9 Å². The predicted octanol–water partition coefficient (Wildman–Crippen LogP) is 6.38. The van der Waals surface area contributed by atoms with E-state index in [0.29, 0.717) is 21.7 Å². The van der Waals surface area contributed by atoms with Crippen molar-refractivity contribution in [2.75, 3.05) is 0 Å². The number of nitro benzene ring substituents is 1. The molecule has 5 aromatic rings. The molecule has 1 heterocycles. The summed E-state index contributed by atoms with van der Waals surface area (Å²) in [5.41, 5.74) is 1.60. The molecule has 0 radical (unpaired) electrons. The first-order chi connectivity index (χ1) is 21.1.